The van der Waals surface area contributed by atoms with Gasteiger partial charge in [-0.15, -0.1) is 24.0 Å². The number of ether oxygens (including phenoxy) is 1. The van der Waals surface area contributed by atoms with Crippen molar-refractivity contribution in [3.05, 3.63) is 0 Å². The third kappa shape index (κ3) is 8.41. The number of guanidine groups is 1. The predicted octanol–water partition coefficient (Wildman–Crippen LogP) is 2.47. The average Bonchev–Trinajstić information content (AvgIpc) is 2.65. The summed E-state index contributed by atoms with van der Waals surface area (Å²) in [6.07, 6.45) is 3.60. The van der Waals surface area contributed by atoms with E-state index in [4.69, 9.17) is 9.73 Å². The molecule has 1 N–H and O–H groups in total. The zero-order valence-electron chi connectivity index (χ0n) is 17.3. The molecule has 8 heteroatoms. The van der Waals surface area contributed by atoms with E-state index >= 15 is 0 Å². The Morgan fingerprint density at radius 2 is 1.85 bits per heavy atom. The summed E-state index contributed by atoms with van der Waals surface area (Å²) in [5, 5.41) is 3.39. The number of hydrogen-bond acceptors (Lipinski definition) is 4. The highest BCUT2D eigenvalue weighted by atomic mass is 127. The Morgan fingerprint density at radius 1 is 1.15 bits per heavy atom. The first-order valence-corrected chi connectivity index (χ1v) is 10.3. The molecule has 2 rings (SSSR count). The Morgan fingerprint density at radius 3 is 2.48 bits per heavy atom. The van der Waals surface area contributed by atoms with Crippen LogP contribution in [0, 0.1) is 5.92 Å². The number of nitrogens with one attached hydrogen (secondary N) is 1. The smallest absolute Gasteiger partial charge is 0.409 e. The number of nitrogens with zero attached hydrogens (tertiary/aromatic N) is 4. The van der Waals surface area contributed by atoms with Gasteiger partial charge in [0.2, 0.25) is 0 Å². The normalized spacial score (nSPS) is 21.6. The van der Waals surface area contributed by atoms with Crippen molar-refractivity contribution in [1.29, 1.82) is 0 Å². The van der Waals surface area contributed by atoms with Gasteiger partial charge in [0.05, 0.1) is 6.61 Å². The number of hydrogen-bond donors (Lipinski definition) is 1. The number of carbonyl (C=O) groups excluding carboxylic acids is 1. The highest BCUT2D eigenvalue weighted by Crippen LogP contribution is 2.15. The van der Waals surface area contributed by atoms with E-state index in [2.05, 4.69) is 29.0 Å². The standard InChI is InChI=1S/C19H37N5O2.HI/c1-4-20-18(21-9-7-11-22-10-6-8-17(3)16-22)23-12-14-24(15-13-23)19(25)26-5-2;/h17H,4-16H2,1-3H3,(H,20,21);1H. The molecule has 0 saturated carbocycles. The van der Waals surface area contributed by atoms with Crippen molar-refractivity contribution >= 4 is 36.0 Å². The quantitative estimate of drug-likeness (QED) is 0.266. The molecule has 7 nitrogen and oxygen atoms in total. The van der Waals surface area contributed by atoms with Crippen LogP contribution in [-0.4, -0.2) is 92.3 Å². The van der Waals surface area contributed by atoms with Crippen LogP contribution in [-0.2, 0) is 4.74 Å². The Labute approximate surface area is 181 Å². The van der Waals surface area contributed by atoms with Crippen molar-refractivity contribution in [3.8, 4) is 0 Å². The third-order valence-corrected chi connectivity index (χ3v) is 5.08. The lowest BCUT2D eigenvalue weighted by molar-refractivity contribution is 0.0914. The number of rotatable bonds is 6. The van der Waals surface area contributed by atoms with E-state index in [1.54, 1.807) is 4.90 Å². The SMILES string of the molecule is CCNC(=NCCCN1CCCC(C)C1)N1CCN(C(=O)OCC)CC1.I. The number of piperidine rings is 1. The van der Waals surface area contributed by atoms with Crippen LogP contribution in [0.25, 0.3) is 0 Å². The molecule has 2 aliphatic heterocycles. The fourth-order valence-electron chi connectivity index (χ4n) is 3.71. The fourth-order valence-corrected chi connectivity index (χ4v) is 3.71. The van der Waals surface area contributed by atoms with Gasteiger partial charge >= 0.3 is 6.09 Å². The minimum absolute atomic E-state index is 0. The van der Waals surface area contributed by atoms with Crippen LogP contribution >= 0.6 is 24.0 Å². The van der Waals surface area contributed by atoms with Crippen molar-refractivity contribution < 1.29 is 9.53 Å². The Bertz CT molecular complexity index is 455. The molecule has 2 saturated heterocycles. The second-order valence-corrected chi connectivity index (χ2v) is 7.31. The van der Waals surface area contributed by atoms with E-state index in [1.165, 1.54) is 25.9 Å². The number of aliphatic imine (C=N–C) groups is 1. The lowest BCUT2D eigenvalue weighted by atomic mass is 10.0. The maximum absolute atomic E-state index is 11.8. The molecule has 1 unspecified atom stereocenters. The first kappa shape index (κ1) is 24.3. The molecule has 0 radical (unpaired) electrons. The molecule has 1 atom stereocenters. The van der Waals surface area contributed by atoms with Crippen molar-refractivity contribution in [2.75, 3.05) is 65.5 Å². The Hall–Kier alpha value is -0.770. The molecule has 0 aliphatic carbocycles. The van der Waals surface area contributed by atoms with E-state index < -0.39 is 0 Å². The van der Waals surface area contributed by atoms with Crippen LogP contribution in [0.3, 0.4) is 0 Å². The molecule has 1 amide bonds. The van der Waals surface area contributed by atoms with Gasteiger partial charge in [-0.05, 0) is 52.1 Å². The lowest BCUT2D eigenvalue weighted by Crippen LogP contribution is -2.54. The van der Waals surface area contributed by atoms with E-state index in [0.29, 0.717) is 19.7 Å². The maximum Gasteiger partial charge on any atom is 0.409 e. The van der Waals surface area contributed by atoms with Gasteiger partial charge in [0.1, 0.15) is 0 Å². The second-order valence-electron chi connectivity index (χ2n) is 7.31. The zero-order valence-corrected chi connectivity index (χ0v) is 19.6. The molecule has 0 aromatic rings. The van der Waals surface area contributed by atoms with Crippen LogP contribution in [0.2, 0.25) is 0 Å². The molecule has 158 valence electrons. The largest absolute Gasteiger partial charge is 0.450 e. The number of amides is 1. The van der Waals surface area contributed by atoms with Crippen LogP contribution in [0.1, 0.15) is 40.0 Å². The first-order valence-electron chi connectivity index (χ1n) is 10.3. The Balaban J connectivity index is 0.00000364. The van der Waals surface area contributed by atoms with Crippen LogP contribution in [0.15, 0.2) is 4.99 Å². The molecule has 0 aromatic heterocycles. The van der Waals surface area contributed by atoms with Crippen LogP contribution < -0.4 is 5.32 Å². The van der Waals surface area contributed by atoms with Crippen molar-refractivity contribution in [3.63, 3.8) is 0 Å². The number of piperazine rings is 1. The Kier molecular flexibility index (Phi) is 12.1. The summed E-state index contributed by atoms with van der Waals surface area (Å²) in [5.41, 5.74) is 0. The molecule has 0 spiro atoms. The van der Waals surface area contributed by atoms with Crippen molar-refractivity contribution in [2.45, 2.75) is 40.0 Å². The van der Waals surface area contributed by atoms with Gasteiger partial charge in [-0.3, -0.25) is 4.99 Å². The summed E-state index contributed by atoms with van der Waals surface area (Å²) in [6, 6.07) is 0. The highest BCUT2D eigenvalue weighted by molar-refractivity contribution is 14.0. The van der Waals surface area contributed by atoms with Gasteiger partial charge in [0, 0.05) is 45.8 Å². The van der Waals surface area contributed by atoms with E-state index in [1.807, 2.05) is 6.92 Å². The second kappa shape index (κ2) is 13.4. The first-order chi connectivity index (χ1) is 12.6. The van der Waals surface area contributed by atoms with Gasteiger partial charge in [-0.2, -0.15) is 0 Å². The van der Waals surface area contributed by atoms with E-state index in [0.717, 1.165) is 51.0 Å². The molecule has 0 bridgehead atoms. The summed E-state index contributed by atoms with van der Waals surface area (Å²) in [6.45, 7) is 15.0. The van der Waals surface area contributed by atoms with E-state index in [-0.39, 0.29) is 30.1 Å². The van der Waals surface area contributed by atoms with Gasteiger partial charge in [0.15, 0.2) is 5.96 Å². The summed E-state index contributed by atoms with van der Waals surface area (Å²) in [4.78, 5) is 23.2. The van der Waals surface area contributed by atoms with Crippen molar-refractivity contribution in [1.82, 2.24) is 20.0 Å². The molecule has 2 fully saturated rings. The molecule has 2 heterocycles. The summed E-state index contributed by atoms with van der Waals surface area (Å²) in [7, 11) is 0. The van der Waals surface area contributed by atoms with Crippen LogP contribution in [0.4, 0.5) is 4.79 Å². The van der Waals surface area contributed by atoms with Gasteiger partial charge in [-0.25, -0.2) is 4.79 Å². The number of likely N-dealkylation sites (tertiary alicyclic amines) is 1. The molecular formula is C19H38IN5O2. The number of carbonyl (C=O) groups is 1. The number of halogens is 1. The minimum Gasteiger partial charge on any atom is -0.450 e. The molecular weight excluding hydrogens is 457 g/mol. The molecule has 0 aromatic carbocycles. The predicted molar refractivity (Wildman–Crippen MR) is 121 cm³/mol. The molecule has 2 aliphatic rings. The maximum atomic E-state index is 11.8. The summed E-state index contributed by atoms with van der Waals surface area (Å²) in [5.74, 6) is 1.81. The third-order valence-electron chi connectivity index (χ3n) is 5.08. The average molecular weight is 495 g/mol. The molecule has 27 heavy (non-hydrogen) atoms. The van der Waals surface area contributed by atoms with Gasteiger partial charge < -0.3 is 24.8 Å². The minimum atomic E-state index is -0.204. The zero-order chi connectivity index (χ0) is 18.8. The highest BCUT2D eigenvalue weighted by Gasteiger charge is 2.23. The van der Waals surface area contributed by atoms with Crippen molar-refractivity contribution in [2.24, 2.45) is 10.9 Å². The van der Waals surface area contributed by atoms with E-state index in [9.17, 15) is 4.79 Å². The van der Waals surface area contributed by atoms with Gasteiger partial charge in [-0.1, -0.05) is 6.92 Å². The van der Waals surface area contributed by atoms with Gasteiger partial charge in [0.25, 0.3) is 0 Å². The summed E-state index contributed by atoms with van der Waals surface area (Å²) >= 11 is 0. The fraction of sp³-hybridized carbons (Fsp3) is 0.895. The lowest BCUT2D eigenvalue weighted by Gasteiger charge is -2.36. The summed E-state index contributed by atoms with van der Waals surface area (Å²) < 4.78 is 5.09. The topological polar surface area (TPSA) is 60.4 Å². The monoisotopic (exact) mass is 495 g/mol. The van der Waals surface area contributed by atoms with Crippen LogP contribution in [0.5, 0.6) is 0 Å².